The lowest BCUT2D eigenvalue weighted by atomic mass is 10.1. The van der Waals surface area contributed by atoms with Gasteiger partial charge in [-0.2, -0.15) is 0 Å². The van der Waals surface area contributed by atoms with Gasteiger partial charge in [0.15, 0.2) is 6.10 Å². The Labute approximate surface area is 205 Å². The number of benzene rings is 3. The van der Waals surface area contributed by atoms with E-state index in [0.717, 1.165) is 16.9 Å². The number of anilines is 1. The molecule has 0 spiro atoms. The summed E-state index contributed by atoms with van der Waals surface area (Å²) in [6.07, 6.45) is -1.01. The van der Waals surface area contributed by atoms with Crippen LogP contribution in [-0.4, -0.2) is 47.2 Å². The fraction of sp³-hybridized carbons (Fsp3) is 0.269. The maximum atomic E-state index is 13.5. The molecule has 0 saturated heterocycles. The zero-order chi connectivity index (χ0) is 25.0. The van der Waals surface area contributed by atoms with Crippen LogP contribution in [0.3, 0.4) is 0 Å². The van der Waals surface area contributed by atoms with Crippen molar-refractivity contribution in [2.75, 3.05) is 31.1 Å². The zero-order valence-corrected chi connectivity index (χ0v) is 20.7. The van der Waals surface area contributed by atoms with E-state index in [1.807, 2.05) is 19.9 Å². The number of carbonyl (C=O) groups excluding carboxylic acids is 1. The molecule has 0 unspecified atom stereocenters. The molecule has 184 valence electrons. The van der Waals surface area contributed by atoms with E-state index in [1.54, 1.807) is 67.8 Å². The minimum absolute atomic E-state index is 0.141. The molecule has 1 atom stereocenters. The molecule has 4 rings (SSSR count). The molecular formula is C26H28N2O6S. The van der Waals surface area contributed by atoms with Crippen LogP contribution in [0.5, 0.6) is 17.2 Å². The normalized spacial score (nSPS) is 15.1. The van der Waals surface area contributed by atoms with Crippen LogP contribution in [0.4, 0.5) is 5.69 Å². The van der Waals surface area contributed by atoms with Crippen LogP contribution in [0, 0.1) is 13.8 Å². The Morgan fingerprint density at radius 3 is 2.34 bits per heavy atom. The number of amides is 1. The van der Waals surface area contributed by atoms with Gasteiger partial charge in [0.2, 0.25) is 0 Å². The zero-order valence-electron chi connectivity index (χ0n) is 19.9. The van der Waals surface area contributed by atoms with Crippen molar-refractivity contribution in [2.45, 2.75) is 24.8 Å². The minimum atomic E-state index is -3.90. The summed E-state index contributed by atoms with van der Waals surface area (Å²) in [5.41, 5.74) is 2.25. The minimum Gasteiger partial charge on any atom is -0.497 e. The number of hydrogen-bond donors (Lipinski definition) is 1. The lowest BCUT2D eigenvalue weighted by Gasteiger charge is -2.35. The third-order valence-corrected chi connectivity index (χ3v) is 7.41. The topological polar surface area (TPSA) is 94.2 Å². The predicted octanol–water partition coefficient (Wildman–Crippen LogP) is 3.46. The van der Waals surface area contributed by atoms with Crippen LogP contribution in [0.2, 0.25) is 0 Å². The molecule has 35 heavy (non-hydrogen) atoms. The molecule has 9 heteroatoms. The Bertz CT molecular complexity index is 1290. The summed E-state index contributed by atoms with van der Waals surface area (Å²) in [4.78, 5) is 13.1. The van der Waals surface area contributed by atoms with Crippen molar-refractivity contribution in [1.29, 1.82) is 0 Å². The SMILES string of the molecule is COc1ccc(OCCNC(=O)[C@H]2CN(S(=O)(=O)c3ccc(C)cc3)c3ccc(C)cc3O2)cc1. The molecule has 3 aromatic rings. The second-order valence-electron chi connectivity index (χ2n) is 8.24. The lowest BCUT2D eigenvalue weighted by molar-refractivity contribution is -0.127. The molecule has 1 aliphatic rings. The fourth-order valence-electron chi connectivity index (χ4n) is 3.69. The van der Waals surface area contributed by atoms with E-state index in [0.29, 0.717) is 17.2 Å². The maximum absolute atomic E-state index is 13.5. The summed E-state index contributed by atoms with van der Waals surface area (Å²) >= 11 is 0. The number of sulfonamides is 1. The highest BCUT2D eigenvalue weighted by Crippen LogP contribution is 2.37. The van der Waals surface area contributed by atoms with E-state index >= 15 is 0 Å². The van der Waals surface area contributed by atoms with Crippen molar-refractivity contribution in [3.63, 3.8) is 0 Å². The highest BCUT2D eigenvalue weighted by Gasteiger charge is 2.37. The van der Waals surface area contributed by atoms with Gasteiger partial charge in [0.25, 0.3) is 15.9 Å². The van der Waals surface area contributed by atoms with Gasteiger partial charge in [0, 0.05) is 0 Å². The number of nitrogens with one attached hydrogen (secondary N) is 1. The van der Waals surface area contributed by atoms with Crippen molar-refractivity contribution in [2.24, 2.45) is 0 Å². The van der Waals surface area contributed by atoms with Crippen LogP contribution in [0.25, 0.3) is 0 Å². The lowest BCUT2D eigenvalue weighted by Crippen LogP contribution is -2.51. The van der Waals surface area contributed by atoms with Crippen molar-refractivity contribution in [3.05, 3.63) is 77.9 Å². The van der Waals surface area contributed by atoms with Crippen molar-refractivity contribution < 1.29 is 27.4 Å². The number of ether oxygens (including phenoxy) is 3. The number of carbonyl (C=O) groups is 1. The molecule has 1 aliphatic heterocycles. The molecule has 0 aromatic heterocycles. The second-order valence-corrected chi connectivity index (χ2v) is 10.1. The molecule has 0 fully saturated rings. The van der Waals surface area contributed by atoms with E-state index < -0.39 is 22.0 Å². The summed E-state index contributed by atoms with van der Waals surface area (Å²) in [6.45, 7) is 4.10. The average molecular weight is 497 g/mol. The highest BCUT2D eigenvalue weighted by molar-refractivity contribution is 7.92. The summed E-state index contributed by atoms with van der Waals surface area (Å²) in [5.74, 6) is 1.30. The molecular weight excluding hydrogens is 468 g/mol. The van der Waals surface area contributed by atoms with E-state index in [9.17, 15) is 13.2 Å². The van der Waals surface area contributed by atoms with E-state index in [4.69, 9.17) is 14.2 Å². The first kappa shape index (κ1) is 24.4. The first-order chi connectivity index (χ1) is 16.8. The molecule has 0 radical (unpaired) electrons. The summed E-state index contributed by atoms with van der Waals surface area (Å²) in [6, 6.07) is 19.0. The Hall–Kier alpha value is -3.72. The van der Waals surface area contributed by atoms with Gasteiger partial charge in [-0.1, -0.05) is 23.8 Å². The van der Waals surface area contributed by atoms with Crippen LogP contribution in [0.1, 0.15) is 11.1 Å². The predicted molar refractivity (Wildman–Crippen MR) is 133 cm³/mol. The molecule has 8 nitrogen and oxygen atoms in total. The Morgan fingerprint density at radius 1 is 1.00 bits per heavy atom. The maximum Gasteiger partial charge on any atom is 0.264 e. The molecule has 0 bridgehead atoms. The molecule has 1 heterocycles. The smallest absolute Gasteiger partial charge is 0.264 e. The van der Waals surface area contributed by atoms with Gasteiger partial charge < -0.3 is 19.5 Å². The van der Waals surface area contributed by atoms with Crippen molar-refractivity contribution in [1.82, 2.24) is 5.32 Å². The molecule has 0 aliphatic carbocycles. The van der Waals surface area contributed by atoms with E-state index in [1.165, 1.54) is 4.31 Å². The van der Waals surface area contributed by atoms with Gasteiger partial charge in [-0.3, -0.25) is 9.10 Å². The molecule has 1 N–H and O–H groups in total. The van der Waals surface area contributed by atoms with Crippen LogP contribution in [-0.2, 0) is 14.8 Å². The van der Waals surface area contributed by atoms with Gasteiger partial charge in [-0.05, 0) is 67.9 Å². The van der Waals surface area contributed by atoms with E-state index in [-0.39, 0.29) is 24.6 Å². The van der Waals surface area contributed by atoms with Gasteiger partial charge in [-0.25, -0.2) is 8.42 Å². The molecule has 1 amide bonds. The number of hydrogen-bond acceptors (Lipinski definition) is 6. The summed E-state index contributed by atoms with van der Waals surface area (Å²) in [5, 5.41) is 2.77. The quantitative estimate of drug-likeness (QED) is 0.480. The first-order valence-electron chi connectivity index (χ1n) is 11.2. The third kappa shape index (κ3) is 5.51. The Morgan fingerprint density at radius 2 is 1.66 bits per heavy atom. The molecule has 3 aromatic carbocycles. The summed E-state index contributed by atoms with van der Waals surface area (Å²) in [7, 11) is -2.31. The van der Waals surface area contributed by atoms with Crippen molar-refractivity contribution >= 4 is 21.6 Å². The monoisotopic (exact) mass is 496 g/mol. The Kier molecular flexibility index (Phi) is 7.16. The average Bonchev–Trinajstić information content (AvgIpc) is 2.86. The molecule has 0 saturated carbocycles. The standard InChI is InChI=1S/C26H28N2O6S/c1-18-4-11-22(12-5-18)35(30,31)28-17-25(34-24-16-19(2)6-13-23(24)28)26(29)27-14-15-33-21-9-7-20(32-3)8-10-21/h4-13,16,25H,14-15,17H2,1-3H3,(H,27,29)/t25-/m1/s1. The van der Waals surface area contributed by atoms with Gasteiger partial charge in [0.1, 0.15) is 23.9 Å². The summed E-state index contributed by atoms with van der Waals surface area (Å²) < 4.78 is 44.9. The van der Waals surface area contributed by atoms with Crippen LogP contribution in [0.15, 0.2) is 71.6 Å². The number of fused-ring (bicyclic) bond motifs is 1. The van der Waals surface area contributed by atoms with Gasteiger partial charge in [-0.15, -0.1) is 0 Å². The third-order valence-electron chi connectivity index (χ3n) is 5.62. The number of nitrogens with zero attached hydrogens (tertiary/aromatic N) is 1. The van der Waals surface area contributed by atoms with Gasteiger partial charge in [0.05, 0.1) is 30.8 Å². The Balaban J connectivity index is 1.46. The highest BCUT2D eigenvalue weighted by atomic mass is 32.2. The first-order valence-corrected chi connectivity index (χ1v) is 12.6. The second kappa shape index (κ2) is 10.3. The van der Waals surface area contributed by atoms with Crippen LogP contribution >= 0.6 is 0 Å². The number of rotatable bonds is 8. The van der Waals surface area contributed by atoms with Crippen molar-refractivity contribution in [3.8, 4) is 17.2 Å². The number of methoxy groups -OCH3 is 1. The van der Waals surface area contributed by atoms with Crippen LogP contribution < -0.4 is 23.8 Å². The fourth-order valence-corrected chi connectivity index (χ4v) is 5.17. The van der Waals surface area contributed by atoms with E-state index in [2.05, 4.69) is 5.32 Å². The van der Waals surface area contributed by atoms with Gasteiger partial charge >= 0.3 is 0 Å². The largest absolute Gasteiger partial charge is 0.497 e. The number of aryl methyl sites for hydroxylation is 2.